The van der Waals surface area contributed by atoms with Gasteiger partial charge in [-0.25, -0.2) is 4.39 Å². The molecule has 1 N–H and O–H groups in total. The number of anilines is 1. The first-order valence-electron chi connectivity index (χ1n) is 6.35. The van der Waals surface area contributed by atoms with Gasteiger partial charge < -0.3 is 9.88 Å². The van der Waals surface area contributed by atoms with Gasteiger partial charge in [0, 0.05) is 18.4 Å². The van der Waals surface area contributed by atoms with Crippen LogP contribution in [-0.2, 0) is 13.1 Å². The zero-order valence-electron chi connectivity index (χ0n) is 10.9. The van der Waals surface area contributed by atoms with E-state index in [0.717, 1.165) is 18.5 Å². The molecule has 0 aliphatic heterocycles. The van der Waals surface area contributed by atoms with E-state index in [1.54, 1.807) is 6.07 Å². The molecular weight excluding hydrogens is 227 g/mol. The number of rotatable bonds is 5. The molecule has 2 nitrogen and oxygen atoms in total. The van der Waals surface area contributed by atoms with Gasteiger partial charge in [0.15, 0.2) is 0 Å². The average molecular weight is 246 g/mol. The molecule has 18 heavy (non-hydrogen) atoms. The highest BCUT2D eigenvalue weighted by Gasteiger charge is 2.06. The average Bonchev–Trinajstić information content (AvgIpc) is 2.77. The Morgan fingerprint density at radius 3 is 2.78 bits per heavy atom. The minimum absolute atomic E-state index is 0.191. The molecule has 2 aromatic rings. The molecule has 3 heteroatoms. The van der Waals surface area contributed by atoms with Gasteiger partial charge in [0.2, 0.25) is 0 Å². The van der Waals surface area contributed by atoms with E-state index in [9.17, 15) is 4.39 Å². The van der Waals surface area contributed by atoms with Crippen molar-refractivity contribution in [1.82, 2.24) is 4.57 Å². The van der Waals surface area contributed by atoms with E-state index in [1.165, 1.54) is 11.8 Å². The summed E-state index contributed by atoms with van der Waals surface area (Å²) in [7, 11) is 0. The topological polar surface area (TPSA) is 17.0 Å². The fraction of sp³-hybridized carbons (Fsp3) is 0.333. The number of hydrogen-bond acceptors (Lipinski definition) is 1. The first-order chi connectivity index (χ1) is 8.72. The van der Waals surface area contributed by atoms with Crippen molar-refractivity contribution in [3.8, 4) is 0 Å². The quantitative estimate of drug-likeness (QED) is 0.845. The van der Waals surface area contributed by atoms with Crippen LogP contribution >= 0.6 is 0 Å². The third-order valence-electron chi connectivity index (χ3n) is 3.06. The Bertz CT molecular complexity index is 497. The van der Waals surface area contributed by atoms with Crippen molar-refractivity contribution in [1.29, 1.82) is 0 Å². The van der Waals surface area contributed by atoms with E-state index in [1.807, 2.05) is 19.1 Å². The van der Waals surface area contributed by atoms with E-state index >= 15 is 0 Å². The summed E-state index contributed by atoms with van der Waals surface area (Å²) in [5, 5.41) is 3.19. The SMILES string of the molecule is CCCn1cccc1CNc1c(C)cccc1F. The van der Waals surface area contributed by atoms with Crippen LogP contribution in [0.25, 0.3) is 0 Å². The molecule has 1 heterocycles. The Morgan fingerprint density at radius 1 is 1.22 bits per heavy atom. The van der Waals surface area contributed by atoms with Crippen molar-refractivity contribution >= 4 is 5.69 Å². The van der Waals surface area contributed by atoms with Crippen LogP contribution in [0.1, 0.15) is 24.6 Å². The fourth-order valence-electron chi connectivity index (χ4n) is 2.10. The molecule has 0 radical (unpaired) electrons. The van der Waals surface area contributed by atoms with Gasteiger partial charge in [-0.3, -0.25) is 0 Å². The molecule has 0 bridgehead atoms. The normalized spacial score (nSPS) is 10.6. The van der Waals surface area contributed by atoms with Gasteiger partial charge in [-0.2, -0.15) is 0 Å². The number of aromatic nitrogens is 1. The molecule has 0 aliphatic rings. The van der Waals surface area contributed by atoms with E-state index in [0.29, 0.717) is 12.2 Å². The van der Waals surface area contributed by atoms with Crippen molar-refractivity contribution in [2.75, 3.05) is 5.32 Å². The highest BCUT2D eigenvalue weighted by atomic mass is 19.1. The summed E-state index contributed by atoms with van der Waals surface area (Å²) in [5.74, 6) is -0.191. The lowest BCUT2D eigenvalue weighted by molar-refractivity contribution is 0.626. The predicted octanol–water partition coefficient (Wildman–Crippen LogP) is 3.96. The van der Waals surface area contributed by atoms with Crippen LogP contribution in [0.5, 0.6) is 0 Å². The van der Waals surface area contributed by atoms with Gasteiger partial charge in [0.25, 0.3) is 0 Å². The maximum absolute atomic E-state index is 13.7. The van der Waals surface area contributed by atoms with E-state index < -0.39 is 0 Å². The Morgan fingerprint density at radius 2 is 2.06 bits per heavy atom. The van der Waals surface area contributed by atoms with Crippen molar-refractivity contribution in [2.45, 2.75) is 33.4 Å². The zero-order valence-corrected chi connectivity index (χ0v) is 10.9. The molecule has 2 rings (SSSR count). The number of hydrogen-bond donors (Lipinski definition) is 1. The van der Waals surface area contributed by atoms with Gasteiger partial charge in [-0.1, -0.05) is 19.1 Å². The van der Waals surface area contributed by atoms with Crippen molar-refractivity contribution in [2.24, 2.45) is 0 Å². The van der Waals surface area contributed by atoms with E-state index in [2.05, 4.69) is 29.1 Å². The van der Waals surface area contributed by atoms with Crippen LogP contribution in [0.4, 0.5) is 10.1 Å². The molecule has 0 spiro atoms. The van der Waals surface area contributed by atoms with Crippen LogP contribution < -0.4 is 5.32 Å². The monoisotopic (exact) mass is 246 g/mol. The van der Waals surface area contributed by atoms with Gasteiger partial charge >= 0.3 is 0 Å². The van der Waals surface area contributed by atoms with Crippen LogP contribution in [-0.4, -0.2) is 4.57 Å². The standard InChI is InChI=1S/C15H19FN2/c1-3-9-18-10-5-7-13(18)11-17-15-12(2)6-4-8-14(15)16/h4-8,10,17H,3,9,11H2,1-2H3. The first-order valence-corrected chi connectivity index (χ1v) is 6.35. The van der Waals surface area contributed by atoms with Crippen molar-refractivity contribution in [3.63, 3.8) is 0 Å². The zero-order chi connectivity index (χ0) is 13.0. The Balaban J connectivity index is 2.09. The lowest BCUT2D eigenvalue weighted by atomic mass is 10.2. The maximum Gasteiger partial charge on any atom is 0.146 e. The molecule has 0 fully saturated rings. The van der Waals surface area contributed by atoms with Crippen LogP contribution in [0, 0.1) is 12.7 Å². The predicted molar refractivity (Wildman–Crippen MR) is 73.2 cm³/mol. The van der Waals surface area contributed by atoms with Gasteiger partial charge in [0.05, 0.1) is 12.2 Å². The van der Waals surface area contributed by atoms with Gasteiger partial charge in [-0.15, -0.1) is 0 Å². The Hall–Kier alpha value is -1.77. The Kier molecular flexibility index (Phi) is 4.03. The minimum Gasteiger partial charge on any atom is -0.377 e. The summed E-state index contributed by atoms with van der Waals surface area (Å²) in [6.07, 6.45) is 3.16. The van der Waals surface area contributed by atoms with Gasteiger partial charge in [-0.05, 0) is 37.1 Å². The summed E-state index contributed by atoms with van der Waals surface area (Å²) < 4.78 is 15.9. The second kappa shape index (κ2) is 5.71. The van der Waals surface area contributed by atoms with E-state index in [4.69, 9.17) is 0 Å². The fourth-order valence-corrected chi connectivity index (χ4v) is 2.10. The Labute approximate surface area is 107 Å². The molecule has 0 unspecified atom stereocenters. The summed E-state index contributed by atoms with van der Waals surface area (Å²) in [6.45, 7) is 5.71. The molecule has 0 saturated carbocycles. The molecule has 0 aliphatic carbocycles. The van der Waals surface area contributed by atoms with Crippen LogP contribution in [0.2, 0.25) is 0 Å². The molecule has 96 valence electrons. The lowest BCUT2D eigenvalue weighted by Gasteiger charge is -2.12. The third kappa shape index (κ3) is 2.73. The van der Waals surface area contributed by atoms with Crippen LogP contribution in [0.15, 0.2) is 36.5 Å². The number of halogens is 1. The number of benzene rings is 1. The second-order valence-corrected chi connectivity index (χ2v) is 4.48. The minimum atomic E-state index is -0.191. The first kappa shape index (κ1) is 12.7. The molecule has 0 saturated heterocycles. The summed E-state index contributed by atoms with van der Waals surface area (Å²) in [5.41, 5.74) is 2.71. The highest BCUT2D eigenvalue weighted by molar-refractivity contribution is 5.51. The molecule has 1 aromatic heterocycles. The molecule has 1 aromatic carbocycles. The summed E-state index contributed by atoms with van der Waals surface area (Å²) >= 11 is 0. The molecule has 0 atom stereocenters. The third-order valence-corrected chi connectivity index (χ3v) is 3.06. The summed E-state index contributed by atoms with van der Waals surface area (Å²) in [6, 6.07) is 9.23. The van der Waals surface area contributed by atoms with Gasteiger partial charge in [0.1, 0.15) is 5.82 Å². The lowest BCUT2D eigenvalue weighted by Crippen LogP contribution is -2.08. The van der Waals surface area contributed by atoms with Crippen molar-refractivity contribution in [3.05, 3.63) is 53.6 Å². The van der Waals surface area contributed by atoms with Crippen LogP contribution in [0.3, 0.4) is 0 Å². The number of nitrogens with one attached hydrogen (secondary N) is 1. The maximum atomic E-state index is 13.7. The second-order valence-electron chi connectivity index (χ2n) is 4.48. The highest BCUT2D eigenvalue weighted by Crippen LogP contribution is 2.19. The van der Waals surface area contributed by atoms with E-state index in [-0.39, 0.29) is 5.82 Å². The number of aryl methyl sites for hydroxylation is 2. The molecular formula is C15H19FN2. The molecule has 0 amide bonds. The smallest absolute Gasteiger partial charge is 0.146 e. The summed E-state index contributed by atoms with van der Waals surface area (Å²) in [4.78, 5) is 0. The number of nitrogens with zero attached hydrogens (tertiary/aromatic N) is 1. The van der Waals surface area contributed by atoms with Crippen molar-refractivity contribution < 1.29 is 4.39 Å². The number of para-hydroxylation sites is 1. The largest absolute Gasteiger partial charge is 0.377 e.